The molecule has 0 aliphatic carbocycles. The number of fused-ring (bicyclic) bond motifs is 3. The summed E-state index contributed by atoms with van der Waals surface area (Å²) in [5.74, 6) is 0. The molecule has 0 fully saturated rings. The van der Waals surface area contributed by atoms with Gasteiger partial charge in [0.2, 0.25) is 6.29 Å². The van der Waals surface area contributed by atoms with Gasteiger partial charge < -0.3 is 9.80 Å². The van der Waals surface area contributed by atoms with Crippen molar-refractivity contribution >= 4 is 17.6 Å². The summed E-state index contributed by atoms with van der Waals surface area (Å²) in [5.41, 5.74) is 2.51. The molecule has 2 heterocycles. The number of hydrogen-bond acceptors (Lipinski definition) is 3. The van der Waals surface area contributed by atoms with E-state index in [1.807, 2.05) is 12.3 Å². The molecule has 0 saturated carbocycles. The summed E-state index contributed by atoms with van der Waals surface area (Å²) < 4.78 is 0. The smallest absolute Gasteiger partial charge is 0.203 e. The van der Waals surface area contributed by atoms with Crippen LogP contribution in [0, 0.1) is 0 Å². The van der Waals surface area contributed by atoms with Crippen molar-refractivity contribution in [1.29, 1.82) is 0 Å². The fraction of sp³-hybridized carbons (Fsp3) is 0.308. The third-order valence-electron chi connectivity index (χ3n) is 3.04. The molecule has 16 heavy (non-hydrogen) atoms. The molecule has 0 N–H and O–H groups in total. The zero-order valence-electron chi connectivity index (χ0n) is 9.54. The minimum Gasteiger partial charge on any atom is -0.328 e. The van der Waals surface area contributed by atoms with Crippen molar-refractivity contribution in [2.24, 2.45) is 4.99 Å². The van der Waals surface area contributed by atoms with Gasteiger partial charge in [-0.2, -0.15) is 0 Å². The molecular formula is C13H15N3. The second-order valence-electron chi connectivity index (χ2n) is 4.38. The lowest BCUT2D eigenvalue weighted by molar-refractivity contribution is 0.587. The van der Waals surface area contributed by atoms with Crippen LogP contribution in [0.3, 0.4) is 0 Å². The highest BCUT2D eigenvalue weighted by atomic mass is 15.5. The summed E-state index contributed by atoms with van der Waals surface area (Å²) in [4.78, 5) is 9.11. The Morgan fingerprint density at radius 3 is 2.69 bits per heavy atom. The molecule has 0 radical (unpaired) electrons. The summed E-state index contributed by atoms with van der Waals surface area (Å²) in [6.45, 7) is 4.40. The number of para-hydroxylation sites is 2. The first-order valence-corrected chi connectivity index (χ1v) is 5.65. The highest BCUT2D eigenvalue weighted by Crippen LogP contribution is 2.41. The molecule has 1 unspecified atom stereocenters. The minimum absolute atomic E-state index is 0.0994. The van der Waals surface area contributed by atoms with Crippen LogP contribution in [0.4, 0.5) is 11.4 Å². The Bertz CT molecular complexity index is 462. The van der Waals surface area contributed by atoms with E-state index in [9.17, 15) is 0 Å². The first-order chi connectivity index (χ1) is 7.79. The molecule has 82 valence electrons. The van der Waals surface area contributed by atoms with E-state index in [2.05, 4.69) is 59.1 Å². The van der Waals surface area contributed by atoms with E-state index >= 15 is 0 Å². The normalized spacial score (nSPS) is 21.6. The van der Waals surface area contributed by atoms with Crippen LogP contribution in [0.5, 0.6) is 0 Å². The molecule has 0 saturated heterocycles. The molecule has 1 atom stereocenters. The number of aliphatic imine (C=N–C) groups is 1. The number of nitrogens with zero attached hydrogens (tertiary/aromatic N) is 3. The largest absolute Gasteiger partial charge is 0.328 e. The minimum atomic E-state index is 0.0994. The Labute approximate surface area is 95.7 Å². The molecule has 0 aromatic heterocycles. The van der Waals surface area contributed by atoms with Crippen LogP contribution in [0.2, 0.25) is 0 Å². The van der Waals surface area contributed by atoms with Gasteiger partial charge in [0.15, 0.2) is 0 Å². The predicted octanol–water partition coefficient (Wildman–Crippen LogP) is 2.60. The van der Waals surface area contributed by atoms with Crippen molar-refractivity contribution in [3.63, 3.8) is 0 Å². The van der Waals surface area contributed by atoms with Crippen molar-refractivity contribution in [3.8, 4) is 0 Å². The third-order valence-corrected chi connectivity index (χ3v) is 3.04. The average molecular weight is 213 g/mol. The van der Waals surface area contributed by atoms with Gasteiger partial charge in [-0.25, -0.2) is 4.99 Å². The summed E-state index contributed by atoms with van der Waals surface area (Å²) in [7, 11) is 0. The maximum Gasteiger partial charge on any atom is 0.203 e. The van der Waals surface area contributed by atoms with Crippen LogP contribution in [0.1, 0.15) is 13.8 Å². The van der Waals surface area contributed by atoms with Crippen molar-refractivity contribution in [2.75, 3.05) is 9.80 Å². The Morgan fingerprint density at radius 2 is 1.94 bits per heavy atom. The number of hydrogen-bond donors (Lipinski definition) is 0. The van der Waals surface area contributed by atoms with Crippen LogP contribution in [-0.4, -0.2) is 18.5 Å². The molecule has 3 nitrogen and oxygen atoms in total. The van der Waals surface area contributed by atoms with E-state index < -0.39 is 0 Å². The fourth-order valence-corrected chi connectivity index (χ4v) is 2.39. The van der Waals surface area contributed by atoms with Gasteiger partial charge in [-0.05, 0) is 32.1 Å². The van der Waals surface area contributed by atoms with Crippen molar-refractivity contribution in [3.05, 3.63) is 36.5 Å². The first kappa shape index (κ1) is 9.46. The van der Waals surface area contributed by atoms with Crippen LogP contribution >= 0.6 is 0 Å². The van der Waals surface area contributed by atoms with Crippen LogP contribution < -0.4 is 9.80 Å². The zero-order chi connectivity index (χ0) is 11.1. The Hall–Kier alpha value is -1.77. The number of allylic oxidation sites excluding steroid dienone is 1. The van der Waals surface area contributed by atoms with E-state index in [1.54, 1.807) is 0 Å². The Kier molecular flexibility index (Phi) is 1.99. The Morgan fingerprint density at radius 1 is 1.19 bits per heavy atom. The lowest BCUT2D eigenvalue weighted by Gasteiger charge is -2.31. The van der Waals surface area contributed by atoms with Crippen LogP contribution in [0.15, 0.2) is 41.5 Å². The third kappa shape index (κ3) is 1.18. The van der Waals surface area contributed by atoms with Gasteiger partial charge in [0.05, 0.1) is 11.4 Å². The standard InChI is InChI=1S/C13H15N3/c1-10(2)16-12-7-4-3-6-11(12)15-9-5-8-14-13(15)16/h3-10,13H,1-2H3. The first-order valence-electron chi connectivity index (χ1n) is 5.65. The van der Waals surface area contributed by atoms with Gasteiger partial charge in [0.1, 0.15) is 0 Å². The lowest BCUT2D eigenvalue weighted by Crippen LogP contribution is -2.44. The highest BCUT2D eigenvalue weighted by Gasteiger charge is 2.36. The lowest BCUT2D eigenvalue weighted by atomic mass is 10.2. The molecule has 0 bridgehead atoms. The van der Waals surface area contributed by atoms with E-state index in [-0.39, 0.29) is 6.29 Å². The number of anilines is 2. The van der Waals surface area contributed by atoms with Gasteiger partial charge in [0, 0.05) is 18.5 Å². The topological polar surface area (TPSA) is 18.8 Å². The summed E-state index contributed by atoms with van der Waals surface area (Å²) in [5, 5.41) is 0. The van der Waals surface area contributed by atoms with Gasteiger partial charge in [0.25, 0.3) is 0 Å². The van der Waals surface area contributed by atoms with Gasteiger partial charge >= 0.3 is 0 Å². The summed E-state index contributed by atoms with van der Waals surface area (Å²) in [6.07, 6.45) is 6.06. The maximum atomic E-state index is 4.55. The van der Waals surface area contributed by atoms with E-state index in [0.29, 0.717) is 6.04 Å². The Balaban J connectivity index is 2.14. The molecule has 1 aromatic rings. The number of rotatable bonds is 1. The molecule has 2 aliphatic heterocycles. The van der Waals surface area contributed by atoms with Crippen molar-refractivity contribution in [2.45, 2.75) is 26.2 Å². The molecule has 0 amide bonds. The van der Waals surface area contributed by atoms with Crippen molar-refractivity contribution in [1.82, 2.24) is 0 Å². The quantitative estimate of drug-likeness (QED) is 0.714. The summed E-state index contributed by atoms with van der Waals surface area (Å²) >= 11 is 0. The summed E-state index contributed by atoms with van der Waals surface area (Å²) in [6, 6.07) is 8.92. The molecule has 1 aromatic carbocycles. The van der Waals surface area contributed by atoms with Crippen molar-refractivity contribution < 1.29 is 0 Å². The number of benzene rings is 1. The fourth-order valence-electron chi connectivity index (χ4n) is 2.39. The van der Waals surface area contributed by atoms with Gasteiger partial charge in [-0.1, -0.05) is 12.1 Å². The SMILES string of the molecule is CC(C)N1c2ccccc2N2C=CC=NC21. The average Bonchev–Trinajstić information content (AvgIpc) is 2.63. The zero-order valence-corrected chi connectivity index (χ0v) is 9.54. The second-order valence-corrected chi connectivity index (χ2v) is 4.38. The van der Waals surface area contributed by atoms with Crippen LogP contribution in [0.25, 0.3) is 0 Å². The maximum absolute atomic E-state index is 4.55. The van der Waals surface area contributed by atoms with Crippen LogP contribution in [-0.2, 0) is 0 Å². The molecule has 0 spiro atoms. The van der Waals surface area contributed by atoms with E-state index in [0.717, 1.165) is 0 Å². The molecule has 3 heteroatoms. The second kappa shape index (κ2) is 3.37. The molecule has 2 aliphatic rings. The molecular weight excluding hydrogens is 198 g/mol. The monoisotopic (exact) mass is 213 g/mol. The highest BCUT2D eigenvalue weighted by molar-refractivity contribution is 5.84. The van der Waals surface area contributed by atoms with E-state index in [4.69, 9.17) is 0 Å². The van der Waals surface area contributed by atoms with Gasteiger partial charge in [-0.15, -0.1) is 0 Å². The van der Waals surface area contributed by atoms with E-state index in [1.165, 1.54) is 11.4 Å². The predicted molar refractivity (Wildman–Crippen MR) is 68.0 cm³/mol. The van der Waals surface area contributed by atoms with Gasteiger partial charge in [-0.3, -0.25) is 0 Å². The molecule has 3 rings (SSSR count).